The summed E-state index contributed by atoms with van der Waals surface area (Å²) in [6, 6.07) is 0. The second kappa shape index (κ2) is 48.8. The summed E-state index contributed by atoms with van der Waals surface area (Å²) in [6.45, 7) is 0. The quantitative estimate of drug-likeness (QED) is 0.421. The fraction of sp³-hybridized carbons (Fsp3) is 1.00. The van der Waals surface area contributed by atoms with Gasteiger partial charge in [0.1, 0.15) is 0 Å². The third-order valence-electron chi connectivity index (χ3n) is 0. The van der Waals surface area contributed by atoms with Crippen LogP contribution in [0, 0.1) is 0 Å². The Hall–Kier alpha value is 0.520. The van der Waals surface area contributed by atoms with Gasteiger partial charge in [-0.05, 0) is 16.9 Å². The van der Waals surface area contributed by atoms with Crippen molar-refractivity contribution >= 4 is 21.7 Å². The molecule has 5 heteroatoms. The molecule has 0 bridgehead atoms. The summed E-state index contributed by atoms with van der Waals surface area (Å²) in [5.41, 5.74) is 0. The molecule has 0 spiro atoms. The van der Waals surface area contributed by atoms with Gasteiger partial charge < -0.3 is 16.4 Å². The molecule has 0 aromatic rings. The van der Waals surface area contributed by atoms with Gasteiger partial charge in [-0.1, -0.05) is 11.0 Å². The molecule has 44 valence electrons. The molecule has 3 nitrogen and oxygen atoms in total. The van der Waals surface area contributed by atoms with E-state index in [2.05, 4.69) is 0 Å². The molecule has 0 fully saturated rings. The highest BCUT2D eigenvalue weighted by atomic mass is 35.7. The number of hydrogen-bond acceptors (Lipinski definition) is 1. The van der Waals surface area contributed by atoms with Gasteiger partial charge in [-0.3, -0.25) is 0 Å². The average Bonchev–Trinajstić information content (AvgIpc) is 0.918. The van der Waals surface area contributed by atoms with Crippen LogP contribution in [0.5, 0.6) is 0 Å². The van der Waals surface area contributed by atoms with E-state index in [4.69, 9.17) is 10.7 Å². The van der Waals surface area contributed by atoms with Gasteiger partial charge >= 0.3 is 0 Å². The molecule has 0 heterocycles. The van der Waals surface area contributed by atoms with Crippen LogP contribution in [0.25, 0.3) is 0 Å². The number of hydrogen-bond donors (Lipinski definition) is 0. The van der Waals surface area contributed by atoms with E-state index in [0.29, 0.717) is 0 Å². The second-order valence-electron chi connectivity index (χ2n) is 0.154. The van der Waals surface area contributed by atoms with Crippen molar-refractivity contribution in [1.82, 2.24) is 0 Å². The van der Waals surface area contributed by atoms with Gasteiger partial charge in [0.2, 0.25) is 0 Å². The van der Waals surface area contributed by atoms with Crippen molar-refractivity contribution < 1.29 is 16.4 Å². The van der Waals surface area contributed by atoms with Crippen molar-refractivity contribution in [3.05, 3.63) is 0 Å². The Bertz CT molecular complexity index is 10.8. The fourth-order valence-electron chi connectivity index (χ4n) is 0. The van der Waals surface area contributed by atoms with Gasteiger partial charge in [-0.2, -0.15) is 0 Å². The minimum atomic E-state index is 0. The lowest BCUT2D eigenvalue weighted by atomic mass is 12.0. The van der Waals surface area contributed by atoms with Crippen molar-refractivity contribution in [2.45, 2.75) is 0 Å². The first-order valence-corrected chi connectivity index (χ1v) is 2.61. The monoisotopic (exact) mass is 136 g/mol. The van der Waals surface area contributed by atoms with Gasteiger partial charge in [0, 0.05) is 0 Å². The van der Waals surface area contributed by atoms with Gasteiger partial charge in [0.15, 0.2) is 0 Å². The van der Waals surface area contributed by atoms with Crippen molar-refractivity contribution in [3.63, 3.8) is 0 Å². The summed E-state index contributed by atoms with van der Waals surface area (Å²) in [7, 11) is 6.14. The van der Waals surface area contributed by atoms with E-state index in [0.717, 1.165) is 0 Å². The lowest BCUT2D eigenvalue weighted by molar-refractivity contribution is 0.823. The zero-order valence-corrected chi connectivity index (χ0v) is 4.86. The second-order valence-corrected chi connectivity index (χ2v) is 1.39. The van der Waals surface area contributed by atoms with Gasteiger partial charge in [-0.15, -0.1) is 0 Å². The van der Waals surface area contributed by atoms with Crippen LogP contribution >= 0.6 is 21.7 Å². The van der Waals surface area contributed by atoms with E-state index >= 15 is 0 Å². The van der Waals surface area contributed by atoms with E-state index in [-0.39, 0.29) is 16.4 Å². The van der Waals surface area contributed by atoms with Gasteiger partial charge in [0.05, 0.1) is 0 Å². The zero-order valence-electron chi connectivity index (χ0n) is 3.29. The van der Waals surface area contributed by atoms with Crippen LogP contribution in [0.1, 0.15) is 0 Å². The highest BCUT2D eigenvalue weighted by molar-refractivity contribution is 8.20. The van der Waals surface area contributed by atoms with E-state index < -0.39 is 0 Å². The summed E-state index contributed by atoms with van der Waals surface area (Å²) in [5.74, 6) is 0. The van der Waals surface area contributed by atoms with Crippen molar-refractivity contribution in [1.29, 1.82) is 0 Å². The molecule has 0 saturated carbocycles. The Morgan fingerprint density at radius 2 is 1.17 bits per heavy atom. The van der Waals surface area contributed by atoms with Crippen LogP contribution in [0.3, 0.4) is 0 Å². The predicted molar refractivity (Wildman–Crippen MR) is 30.2 cm³/mol. The molecule has 0 unspecified atom stereocenters. The maximum Gasteiger partial charge on any atom is -0.00307 e. The first kappa shape index (κ1) is 31.3. The normalized spacial score (nSPS) is 3.00. The lowest BCUT2D eigenvalue weighted by Crippen LogP contribution is -1.07. The summed E-state index contributed by atoms with van der Waals surface area (Å²) in [5, 5.41) is 0. The molecule has 0 aliphatic heterocycles. The smallest absolute Gasteiger partial charge is 0.00307 e. The summed E-state index contributed by atoms with van der Waals surface area (Å²) in [6.07, 6.45) is 1.81. The molecule has 0 aliphatic carbocycles. The maximum absolute atomic E-state index is 4.92. The molecule has 0 aromatic heterocycles. The highest BCUT2D eigenvalue weighted by Gasteiger charge is 1.37. The minimum Gasteiger partial charge on any atom is -0.412 e. The minimum absolute atomic E-state index is 0. The topological polar surface area (TPSA) is 94.5 Å². The predicted octanol–water partition coefficient (Wildman–Crippen LogP) is -0.971. The van der Waals surface area contributed by atoms with Crippen molar-refractivity contribution in [2.75, 3.05) is 6.26 Å². The Balaban J connectivity index is -0.00000000667. The molecule has 0 aliphatic rings. The van der Waals surface area contributed by atoms with Crippen LogP contribution in [-0.2, 0) is 0 Å². The standard InChI is InChI=1S/CH3ClS.3H2O/c1-3-2;;;/h1H3;3*1H2. The van der Waals surface area contributed by atoms with Crippen molar-refractivity contribution in [2.24, 2.45) is 0 Å². The van der Waals surface area contributed by atoms with E-state index in [1.54, 1.807) is 0 Å². The van der Waals surface area contributed by atoms with Crippen LogP contribution in [0.4, 0.5) is 0 Å². The molecule has 0 aromatic carbocycles. The Morgan fingerprint density at radius 1 is 1.17 bits per heavy atom. The SMILES string of the molecule is CSCl.O.O.O. The van der Waals surface area contributed by atoms with E-state index in [9.17, 15) is 0 Å². The summed E-state index contributed by atoms with van der Waals surface area (Å²) in [4.78, 5) is 0. The zero-order chi connectivity index (χ0) is 2.71. The molecular formula is CH9ClO3S. The maximum atomic E-state index is 4.92. The molecule has 0 radical (unpaired) electrons. The molecule has 0 saturated heterocycles. The lowest BCUT2D eigenvalue weighted by Gasteiger charge is -1.46. The van der Waals surface area contributed by atoms with Gasteiger partial charge in [0.25, 0.3) is 0 Å². The third-order valence-corrected chi connectivity index (χ3v) is 0. The Labute approximate surface area is 45.1 Å². The number of rotatable bonds is 0. The summed E-state index contributed by atoms with van der Waals surface area (Å²) < 4.78 is 0. The number of halogens is 1. The Morgan fingerprint density at radius 3 is 1.17 bits per heavy atom. The van der Waals surface area contributed by atoms with Crippen LogP contribution in [0.2, 0.25) is 0 Å². The highest BCUT2D eigenvalue weighted by Crippen LogP contribution is 1.93. The first-order chi connectivity index (χ1) is 1.41. The first-order valence-electron chi connectivity index (χ1n) is 0.563. The third kappa shape index (κ3) is 207. The fourth-order valence-corrected chi connectivity index (χ4v) is 0. The molecule has 0 rings (SSSR count). The molecule has 0 atom stereocenters. The average molecular weight is 137 g/mol. The molecule has 6 N–H and O–H groups in total. The largest absolute Gasteiger partial charge is 0.412 e. The van der Waals surface area contributed by atoms with Crippen LogP contribution in [-0.4, -0.2) is 22.7 Å². The summed E-state index contributed by atoms with van der Waals surface area (Å²) >= 11 is 0. The Kier molecular flexibility index (Phi) is 255. The van der Waals surface area contributed by atoms with E-state index in [1.165, 1.54) is 11.0 Å². The van der Waals surface area contributed by atoms with Crippen LogP contribution in [0.15, 0.2) is 0 Å². The van der Waals surface area contributed by atoms with Gasteiger partial charge in [-0.25, -0.2) is 0 Å². The van der Waals surface area contributed by atoms with Crippen molar-refractivity contribution in [3.8, 4) is 0 Å². The molecule has 6 heavy (non-hydrogen) atoms. The van der Waals surface area contributed by atoms with E-state index in [1.807, 2.05) is 6.26 Å². The molecular weight excluding hydrogens is 128 g/mol. The molecule has 0 amide bonds. The van der Waals surface area contributed by atoms with Crippen LogP contribution < -0.4 is 0 Å².